The average Bonchev–Trinajstić information content (AvgIpc) is 2.59. The van der Waals surface area contributed by atoms with Gasteiger partial charge in [-0.2, -0.15) is 0 Å². The summed E-state index contributed by atoms with van der Waals surface area (Å²) in [5, 5.41) is 0. The molecule has 0 saturated carbocycles. The predicted molar refractivity (Wildman–Crippen MR) is 95.9 cm³/mol. The topological polar surface area (TPSA) is 52.6 Å². The van der Waals surface area contributed by atoms with Gasteiger partial charge in [0.05, 0.1) is 13.7 Å². The maximum absolute atomic E-state index is 12.3. The zero-order valence-electron chi connectivity index (χ0n) is 15.1. The van der Waals surface area contributed by atoms with Crippen LogP contribution in [0.4, 0.5) is 0 Å². The van der Waals surface area contributed by atoms with Crippen molar-refractivity contribution in [3.05, 3.63) is 35.4 Å². The molecule has 0 fully saturated rings. The smallest absolute Gasteiger partial charge is 0.341 e. The van der Waals surface area contributed by atoms with Crippen LogP contribution >= 0.6 is 0 Å². The quantitative estimate of drug-likeness (QED) is 0.275. The molecule has 0 radical (unpaired) electrons. The van der Waals surface area contributed by atoms with Crippen LogP contribution < -0.4 is 4.74 Å². The SMILES string of the molecule is CCCCC(CC)COC(=O)C(=Cc1ccc(OC)cc1)C(C)=O. The van der Waals surface area contributed by atoms with Crippen molar-refractivity contribution in [2.75, 3.05) is 13.7 Å². The van der Waals surface area contributed by atoms with E-state index in [0.717, 1.165) is 37.0 Å². The Bertz CT molecular complexity index is 558. The van der Waals surface area contributed by atoms with Gasteiger partial charge in [-0.05, 0) is 43.0 Å². The molecule has 0 amide bonds. The highest BCUT2D eigenvalue weighted by atomic mass is 16.5. The number of hydrogen-bond donors (Lipinski definition) is 0. The summed E-state index contributed by atoms with van der Waals surface area (Å²) in [5.41, 5.74) is 0.835. The number of ketones is 1. The van der Waals surface area contributed by atoms with Crippen LogP contribution in [-0.2, 0) is 14.3 Å². The number of rotatable bonds is 10. The molecule has 132 valence electrons. The summed E-state index contributed by atoms with van der Waals surface area (Å²) in [6.07, 6.45) is 5.82. The van der Waals surface area contributed by atoms with Gasteiger partial charge in [-0.15, -0.1) is 0 Å². The Balaban J connectivity index is 2.77. The third-order valence-electron chi connectivity index (χ3n) is 4.02. The summed E-state index contributed by atoms with van der Waals surface area (Å²) in [4.78, 5) is 24.1. The molecule has 24 heavy (non-hydrogen) atoms. The predicted octanol–water partition coefficient (Wildman–Crippen LogP) is 4.43. The molecule has 0 N–H and O–H groups in total. The van der Waals surface area contributed by atoms with Crippen molar-refractivity contribution >= 4 is 17.8 Å². The first-order valence-corrected chi connectivity index (χ1v) is 8.55. The van der Waals surface area contributed by atoms with E-state index in [1.165, 1.54) is 6.92 Å². The van der Waals surface area contributed by atoms with Crippen molar-refractivity contribution in [1.82, 2.24) is 0 Å². The number of carbonyl (C=O) groups is 2. The van der Waals surface area contributed by atoms with Gasteiger partial charge >= 0.3 is 5.97 Å². The molecule has 0 aliphatic heterocycles. The number of benzene rings is 1. The zero-order valence-corrected chi connectivity index (χ0v) is 15.1. The lowest BCUT2D eigenvalue weighted by molar-refractivity contribution is -0.141. The van der Waals surface area contributed by atoms with Crippen LogP contribution in [0.3, 0.4) is 0 Å². The van der Waals surface area contributed by atoms with Gasteiger partial charge in [0.25, 0.3) is 0 Å². The van der Waals surface area contributed by atoms with E-state index in [9.17, 15) is 9.59 Å². The number of ether oxygens (including phenoxy) is 2. The third-order valence-corrected chi connectivity index (χ3v) is 4.02. The van der Waals surface area contributed by atoms with Gasteiger partial charge in [-0.25, -0.2) is 4.79 Å². The van der Waals surface area contributed by atoms with Gasteiger partial charge in [0, 0.05) is 0 Å². The molecule has 0 saturated heterocycles. The minimum Gasteiger partial charge on any atom is -0.497 e. The van der Waals surface area contributed by atoms with E-state index >= 15 is 0 Å². The highest BCUT2D eigenvalue weighted by Crippen LogP contribution is 2.17. The van der Waals surface area contributed by atoms with Crippen LogP contribution in [0.15, 0.2) is 29.8 Å². The monoisotopic (exact) mass is 332 g/mol. The van der Waals surface area contributed by atoms with Gasteiger partial charge < -0.3 is 9.47 Å². The summed E-state index contributed by atoms with van der Waals surface area (Å²) in [6, 6.07) is 7.16. The zero-order chi connectivity index (χ0) is 17.9. The van der Waals surface area contributed by atoms with Gasteiger partial charge in [0.15, 0.2) is 5.78 Å². The number of carbonyl (C=O) groups excluding carboxylic acids is 2. The normalized spacial score (nSPS) is 12.6. The lowest BCUT2D eigenvalue weighted by atomic mass is 10.0. The molecule has 0 aromatic heterocycles. The Morgan fingerprint density at radius 3 is 2.33 bits per heavy atom. The molecule has 1 atom stereocenters. The first-order chi connectivity index (χ1) is 11.5. The summed E-state index contributed by atoms with van der Waals surface area (Å²) in [6.45, 7) is 5.98. The van der Waals surface area contributed by atoms with E-state index in [4.69, 9.17) is 9.47 Å². The van der Waals surface area contributed by atoms with Crippen LogP contribution in [0, 0.1) is 5.92 Å². The second-order valence-corrected chi connectivity index (χ2v) is 5.90. The first-order valence-electron chi connectivity index (χ1n) is 8.55. The number of hydrogen-bond acceptors (Lipinski definition) is 4. The Hall–Kier alpha value is -2.10. The van der Waals surface area contributed by atoms with Crippen molar-refractivity contribution in [1.29, 1.82) is 0 Å². The molecule has 4 nitrogen and oxygen atoms in total. The third kappa shape index (κ3) is 6.57. The highest BCUT2D eigenvalue weighted by molar-refractivity contribution is 6.19. The van der Waals surface area contributed by atoms with Gasteiger partial charge in [-0.3, -0.25) is 4.79 Å². The summed E-state index contributed by atoms with van der Waals surface area (Å²) < 4.78 is 10.5. The van der Waals surface area contributed by atoms with E-state index in [0.29, 0.717) is 12.5 Å². The van der Waals surface area contributed by atoms with Crippen LogP contribution in [0.2, 0.25) is 0 Å². The molecular weight excluding hydrogens is 304 g/mol. The second kappa shape index (κ2) is 10.6. The van der Waals surface area contributed by atoms with Crippen LogP contribution in [0.1, 0.15) is 52.0 Å². The summed E-state index contributed by atoms with van der Waals surface area (Å²) in [5.74, 6) is 0.231. The van der Waals surface area contributed by atoms with E-state index in [1.54, 1.807) is 37.5 Å². The lowest BCUT2D eigenvalue weighted by Crippen LogP contribution is -2.18. The molecular formula is C20H28O4. The molecule has 1 aromatic carbocycles. The maximum Gasteiger partial charge on any atom is 0.341 e. The molecule has 1 unspecified atom stereocenters. The molecule has 0 spiro atoms. The standard InChI is InChI=1S/C20H28O4/c1-5-7-8-16(6-2)14-24-20(22)19(15(3)21)13-17-9-11-18(23-4)12-10-17/h9-13,16H,5-8,14H2,1-4H3. The highest BCUT2D eigenvalue weighted by Gasteiger charge is 2.18. The fraction of sp³-hybridized carbons (Fsp3) is 0.500. The van der Waals surface area contributed by atoms with E-state index in [1.807, 2.05) is 0 Å². The molecule has 0 aliphatic rings. The number of methoxy groups -OCH3 is 1. The van der Waals surface area contributed by atoms with E-state index in [2.05, 4.69) is 13.8 Å². The van der Waals surface area contributed by atoms with Gasteiger partial charge in [0.2, 0.25) is 0 Å². The number of esters is 1. The van der Waals surface area contributed by atoms with Gasteiger partial charge in [-0.1, -0.05) is 45.2 Å². The van der Waals surface area contributed by atoms with Crippen LogP contribution in [-0.4, -0.2) is 25.5 Å². The largest absolute Gasteiger partial charge is 0.497 e. The number of Topliss-reactive ketones (excluding diaryl/α,β-unsaturated/α-hetero) is 1. The summed E-state index contributed by atoms with van der Waals surface area (Å²) >= 11 is 0. The first kappa shape index (κ1) is 19.9. The lowest BCUT2D eigenvalue weighted by Gasteiger charge is -2.15. The van der Waals surface area contributed by atoms with Crippen LogP contribution in [0.5, 0.6) is 5.75 Å². The average molecular weight is 332 g/mol. The van der Waals surface area contributed by atoms with E-state index < -0.39 is 5.97 Å². The Labute approximate surface area is 144 Å². The fourth-order valence-corrected chi connectivity index (χ4v) is 2.34. The van der Waals surface area contributed by atoms with Gasteiger partial charge in [0.1, 0.15) is 11.3 Å². The molecule has 4 heteroatoms. The van der Waals surface area contributed by atoms with Crippen molar-refractivity contribution < 1.29 is 19.1 Å². The minimum atomic E-state index is -0.548. The Morgan fingerprint density at radius 1 is 1.17 bits per heavy atom. The maximum atomic E-state index is 12.3. The summed E-state index contributed by atoms with van der Waals surface area (Å²) in [7, 11) is 1.59. The minimum absolute atomic E-state index is 0.0745. The molecule has 0 heterocycles. The molecule has 1 aromatic rings. The Morgan fingerprint density at radius 2 is 1.83 bits per heavy atom. The number of unbranched alkanes of at least 4 members (excludes halogenated alkanes) is 1. The second-order valence-electron chi connectivity index (χ2n) is 5.90. The van der Waals surface area contributed by atoms with Crippen molar-refractivity contribution in [3.8, 4) is 5.75 Å². The fourth-order valence-electron chi connectivity index (χ4n) is 2.34. The van der Waals surface area contributed by atoms with Crippen molar-refractivity contribution in [3.63, 3.8) is 0 Å². The van der Waals surface area contributed by atoms with Crippen LogP contribution in [0.25, 0.3) is 6.08 Å². The van der Waals surface area contributed by atoms with E-state index in [-0.39, 0.29) is 11.4 Å². The Kier molecular flexibility index (Phi) is 8.84. The molecule has 0 bridgehead atoms. The molecule has 0 aliphatic carbocycles. The molecule has 1 rings (SSSR count). The van der Waals surface area contributed by atoms with Crippen molar-refractivity contribution in [2.45, 2.75) is 46.5 Å². The van der Waals surface area contributed by atoms with Crippen molar-refractivity contribution in [2.24, 2.45) is 5.92 Å².